The molecule has 23 nitrogen and oxygen atoms in total. The summed E-state index contributed by atoms with van der Waals surface area (Å²) in [7, 11) is 0. The van der Waals surface area contributed by atoms with Gasteiger partial charge in [-0.15, -0.1) is 0 Å². The molecule has 2 unspecified atom stereocenters. The largest absolute Gasteiger partial charge is 0.458 e. The molecule has 10 rings (SSSR count). The smallest absolute Gasteiger partial charge is 0.338 e. The zero-order chi connectivity index (χ0) is 64.3. The van der Waals surface area contributed by atoms with Crippen molar-refractivity contribution < 1.29 is 112 Å². The summed E-state index contributed by atoms with van der Waals surface area (Å²) in [5.74, 6) is -7.67. The van der Waals surface area contributed by atoms with Crippen molar-refractivity contribution in [2.75, 3.05) is 13.2 Å². The number of benzene rings is 2. The van der Waals surface area contributed by atoms with Gasteiger partial charge in [-0.2, -0.15) is 0 Å². The second-order valence-electron chi connectivity index (χ2n) is 26.5. The second-order valence-corrected chi connectivity index (χ2v) is 26.5. The lowest BCUT2D eigenvalue weighted by Crippen LogP contribution is -2.82. The summed E-state index contributed by atoms with van der Waals surface area (Å²) in [6.45, 7) is 18.7. The molecular formula is C64H82O23. The van der Waals surface area contributed by atoms with E-state index in [0.29, 0.717) is 11.1 Å². The monoisotopic (exact) mass is 1220 g/mol. The number of aliphatic hydroxyl groups excluding tert-OH is 5. The molecule has 2 aromatic rings. The van der Waals surface area contributed by atoms with Crippen LogP contribution in [-0.4, -0.2) is 186 Å². The zero-order valence-electron chi connectivity index (χ0n) is 51.3. The molecule has 0 amide bonds. The van der Waals surface area contributed by atoms with Gasteiger partial charge in [0.1, 0.15) is 53.9 Å². The third kappa shape index (κ3) is 10.0. The minimum absolute atomic E-state index is 0.0496. The van der Waals surface area contributed by atoms with Crippen molar-refractivity contribution in [1.29, 1.82) is 0 Å². The van der Waals surface area contributed by atoms with Crippen LogP contribution in [0.2, 0.25) is 0 Å². The lowest BCUT2D eigenvalue weighted by Gasteiger charge is -2.69. The molecule has 2 saturated heterocycles. The Kier molecular flexibility index (Phi) is 17.0. The molecule has 0 radical (unpaired) electrons. The Morgan fingerprint density at radius 1 is 0.483 bits per heavy atom. The minimum atomic E-state index is -2.11. The van der Waals surface area contributed by atoms with Crippen LogP contribution in [0, 0.1) is 33.5 Å². The fraction of sp³-hybridized carbons (Fsp3) is 0.641. The van der Waals surface area contributed by atoms with E-state index in [1.807, 2.05) is 0 Å². The Labute approximate surface area is 504 Å². The number of ether oxygens (including phenoxy) is 9. The maximum Gasteiger partial charge on any atom is 0.338 e. The predicted molar refractivity (Wildman–Crippen MR) is 301 cm³/mol. The summed E-state index contributed by atoms with van der Waals surface area (Å²) in [5, 5.41) is 85.6. The molecule has 0 aromatic heterocycles. The number of esters is 7. The Bertz CT molecular complexity index is 3140. The fourth-order valence-electron chi connectivity index (χ4n) is 16.6. The molecule has 6 aliphatic carbocycles. The lowest BCUT2D eigenvalue weighted by molar-refractivity contribution is -0.365. The summed E-state index contributed by atoms with van der Waals surface area (Å²) in [6.07, 6.45) is -16.7. The predicted octanol–water partition coefficient (Wildman–Crippen LogP) is 3.46. The van der Waals surface area contributed by atoms with E-state index < -0.39 is 171 Å². The molecule has 6 fully saturated rings. The van der Waals surface area contributed by atoms with Gasteiger partial charge in [0.25, 0.3) is 0 Å². The fourth-order valence-corrected chi connectivity index (χ4v) is 16.6. The third-order valence-electron chi connectivity index (χ3n) is 21.2. The molecule has 7 N–H and O–H groups in total. The number of carbonyl (C=O) groups is 7. The van der Waals surface area contributed by atoms with Crippen LogP contribution >= 0.6 is 0 Å². The first-order valence-corrected chi connectivity index (χ1v) is 29.4. The molecular weight excluding hydrogens is 1140 g/mol. The molecule has 476 valence electrons. The van der Waals surface area contributed by atoms with Crippen LogP contribution in [0.25, 0.3) is 0 Å². The first-order chi connectivity index (χ1) is 40.4. The minimum Gasteiger partial charge on any atom is -0.458 e. The van der Waals surface area contributed by atoms with E-state index in [1.165, 1.54) is 46.8 Å². The van der Waals surface area contributed by atoms with Gasteiger partial charge in [0.2, 0.25) is 0 Å². The average molecular weight is 1220 g/mol. The summed E-state index contributed by atoms with van der Waals surface area (Å²) < 4.78 is 53.3. The van der Waals surface area contributed by atoms with E-state index in [9.17, 15) is 69.3 Å². The van der Waals surface area contributed by atoms with Gasteiger partial charge in [-0.3, -0.25) is 24.0 Å². The molecule has 87 heavy (non-hydrogen) atoms. The van der Waals surface area contributed by atoms with Gasteiger partial charge in [0.15, 0.2) is 23.4 Å². The van der Waals surface area contributed by atoms with Crippen LogP contribution in [0.15, 0.2) is 83.0 Å². The topological polar surface area (TPSA) is 344 Å². The number of carbonyl (C=O) groups excluding carboxylic acids is 7. The molecule has 2 aliphatic heterocycles. The molecule has 2 aromatic carbocycles. The highest BCUT2D eigenvalue weighted by Crippen LogP contribution is 2.67. The molecule has 23 heteroatoms. The molecule has 2 heterocycles. The van der Waals surface area contributed by atoms with Gasteiger partial charge in [-0.05, 0) is 60.4 Å². The third-order valence-corrected chi connectivity index (χ3v) is 21.2. The Morgan fingerprint density at radius 2 is 0.839 bits per heavy atom. The summed E-state index contributed by atoms with van der Waals surface area (Å²) in [5.41, 5.74) is -11.8. The molecule has 0 spiro atoms. The van der Waals surface area contributed by atoms with Crippen molar-refractivity contribution in [3.8, 4) is 0 Å². The number of hydrogen-bond acceptors (Lipinski definition) is 23. The van der Waals surface area contributed by atoms with Crippen molar-refractivity contribution in [3.05, 3.63) is 94.1 Å². The van der Waals surface area contributed by atoms with Gasteiger partial charge < -0.3 is 78.4 Å². The van der Waals surface area contributed by atoms with Gasteiger partial charge in [0.05, 0.1) is 54.5 Å². The van der Waals surface area contributed by atoms with Gasteiger partial charge in [0, 0.05) is 82.0 Å². The Balaban J connectivity index is 0.000000208. The highest BCUT2D eigenvalue weighted by Gasteiger charge is 2.80. The highest BCUT2D eigenvalue weighted by molar-refractivity contribution is 5.90. The molecule has 4 saturated carbocycles. The van der Waals surface area contributed by atoms with E-state index in [-0.39, 0.29) is 61.2 Å². The van der Waals surface area contributed by atoms with E-state index in [2.05, 4.69) is 0 Å². The van der Waals surface area contributed by atoms with Gasteiger partial charge in [-0.25, -0.2) is 9.59 Å². The van der Waals surface area contributed by atoms with E-state index in [0.717, 1.165) is 0 Å². The molecule has 4 bridgehead atoms. The van der Waals surface area contributed by atoms with Crippen LogP contribution in [0.5, 0.6) is 0 Å². The van der Waals surface area contributed by atoms with Crippen molar-refractivity contribution >= 4 is 41.8 Å². The molecule has 20 atom stereocenters. The van der Waals surface area contributed by atoms with Crippen molar-refractivity contribution in [2.24, 2.45) is 33.5 Å². The Morgan fingerprint density at radius 3 is 1.17 bits per heavy atom. The average Bonchev–Trinajstić information content (AvgIpc) is 0.680. The maximum absolute atomic E-state index is 13.9. The lowest BCUT2D eigenvalue weighted by atomic mass is 9.44. The van der Waals surface area contributed by atoms with E-state index in [4.69, 9.17) is 42.6 Å². The van der Waals surface area contributed by atoms with E-state index >= 15 is 0 Å². The number of hydrogen-bond donors (Lipinski definition) is 7. The molecule has 8 aliphatic rings. The number of rotatable bonds is 9. The number of aliphatic hydroxyl groups is 7. The van der Waals surface area contributed by atoms with Gasteiger partial charge in [-0.1, -0.05) is 77.9 Å². The summed E-state index contributed by atoms with van der Waals surface area (Å²) >= 11 is 0. The summed E-state index contributed by atoms with van der Waals surface area (Å²) in [6, 6.07) is 16.2. The zero-order valence-corrected chi connectivity index (χ0v) is 51.3. The normalized spacial score (nSPS) is 41.0. The SMILES string of the molecule is CC(=O)O[C@@H]1C2=C(C)[C@@H](O)C[C@@](O)([C@@H](OC(=O)c3ccccc3)[C@H]3[C@@](C)([C@@H](O)CC4OC[C@]43OC(C)=O)[C@H]1O)C2(C)C.CC(=O)O[C@H]1C[C@@]2(O)[C@@H](OC(=O)c3ccccc3)[C@H]3[C@@](C)([C@@H](O)CC4OC[C@]43OC(C)=O)[C@@H](O)[C@H](OC(C)=O)C(=C1C)C2(C)C. The maximum atomic E-state index is 13.9. The van der Waals surface area contributed by atoms with E-state index in [1.54, 1.807) is 104 Å². The van der Waals surface area contributed by atoms with Crippen LogP contribution < -0.4 is 0 Å². The first-order valence-electron chi connectivity index (χ1n) is 29.4. The van der Waals surface area contributed by atoms with Crippen LogP contribution in [0.1, 0.15) is 136 Å². The van der Waals surface area contributed by atoms with Crippen molar-refractivity contribution in [1.82, 2.24) is 0 Å². The number of fused-ring (bicyclic) bond motifs is 10. The first kappa shape index (κ1) is 65.3. The van der Waals surface area contributed by atoms with Crippen LogP contribution in [0.3, 0.4) is 0 Å². The summed E-state index contributed by atoms with van der Waals surface area (Å²) in [4.78, 5) is 90.2. The van der Waals surface area contributed by atoms with Crippen molar-refractivity contribution in [3.63, 3.8) is 0 Å². The van der Waals surface area contributed by atoms with Crippen LogP contribution in [-0.2, 0) is 66.6 Å². The highest BCUT2D eigenvalue weighted by atomic mass is 16.6. The second kappa shape index (κ2) is 22.7. The standard InChI is InChI=1S/C33H42O12.C31H40O11/c1-16-21(42-17(2)34)14-33(40)28(44-29(39)20-11-9-8-10-12-20)26-31(7,22(37)13-23-32(26,15-41-23)45-19(4)36)27(38)25(43-18(3)35)24(16)30(33,5)6;1-15-19(34)13-31(38)26(41-27(37)18-10-8-7-9-11-18)24-29(6,20(35)12-21-30(24,14-39-21)42-17(3)33)25(36)23(40-16(2)32)22(15)28(31,4)5/h8-12,21-23,25-28,37-38,40H,13-15H2,1-7H3;7-11,19-21,23-26,34-36,38H,12-14H2,1-6H3/t21-,22-,23?,25+,26-,27-,28-,31+,32-,33+;19-,20-,21?,23+,24-,25-,26-,29+,30-,31+/m00/s1. The quantitative estimate of drug-likeness (QED) is 0.107. The Hall–Kier alpha value is -6.15. The van der Waals surface area contributed by atoms with Crippen LogP contribution in [0.4, 0.5) is 0 Å². The van der Waals surface area contributed by atoms with Crippen molar-refractivity contribution in [2.45, 2.75) is 211 Å². The van der Waals surface area contributed by atoms with Gasteiger partial charge >= 0.3 is 41.8 Å².